The SMILES string of the molecule is Nc1ccc2c(c1)N(C(=O)c1ccc(O)cc1F)CCC2. The molecule has 0 radical (unpaired) electrons. The van der Waals surface area contributed by atoms with Crippen LogP contribution < -0.4 is 10.6 Å². The van der Waals surface area contributed by atoms with Gasteiger partial charge < -0.3 is 15.7 Å². The molecule has 0 unspecified atom stereocenters. The summed E-state index contributed by atoms with van der Waals surface area (Å²) < 4.78 is 13.9. The quantitative estimate of drug-likeness (QED) is 0.792. The molecule has 0 fully saturated rings. The second-order valence-electron chi connectivity index (χ2n) is 5.11. The van der Waals surface area contributed by atoms with E-state index < -0.39 is 11.7 Å². The Morgan fingerprint density at radius 1 is 1.24 bits per heavy atom. The highest BCUT2D eigenvalue weighted by atomic mass is 19.1. The molecule has 0 spiro atoms. The third-order valence-corrected chi connectivity index (χ3v) is 3.66. The Bertz CT molecular complexity index is 715. The smallest absolute Gasteiger partial charge is 0.261 e. The maximum absolute atomic E-state index is 13.9. The van der Waals surface area contributed by atoms with Gasteiger partial charge in [-0.3, -0.25) is 4.79 Å². The molecule has 1 heterocycles. The molecule has 0 bridgehead atoms. The van der Waals surface area contributed by atoms with Gasteiger partial charge in [-0.1, -0.05) is 6.07 Å². The van der Waals surface area contributed by atoms with Gasteiger partial charge in [-0.25, -0.2) is 4.39 Å². The highest BCUT2D eigenvalue weighted by molar-refractivity contribution is 6.07. The van der Waals surface area contributed by atoms with Gasteiger partial charge in [0.2, 0.25) is 0 Å². The average Bonchev–Trinajstić information content (AvgIpc) is 2.46. The number of amides is 1. The van der Waals surface area contributed by atoms with Gasteiger partial charge in [0.05, 0.1) is 5.56 Å². The van der Waals surface area contributed by atoms with Crippen LogP contribution in [0.15, 0.2) is 36.4 Å². The highest BCUT2D eigenvalue weighted by Crippen LogP contribution is 2.31. The Morgan fingerprint density at radius 2 is 2.05 bits per heavy atom. The predicted octanol–water partition coefficient (Wildman–Crippen LogP) is 2.71. The fourth-order valence-corrected chi connectivity index (χ4v) is 2.63. The number of nitrogens with two attached hydrogens (primary N) is 1. The van der Waals surface area contributed by atoms with E-state index in [0.717, 1.165) is 30.2 Å². The van der Waals surface area contributed by atoms with Crippen molar-refractivity contribution < 1.29 is 14.3 Å². The van der Waals surface area contributed by atoms with E-state index in [1.54, 1.807) is 17.0 Å². The van der Waals surface area contributed by atoms with Gasteiger partial charge in [0.1, 0.15) is 11.6 Å². The van der Waals surface area contributed by atoms with Crippen molar-refractivity contribution in [1.29, 1.82) is 0 Å². The first kappa shape index (κ1) is 13.4. The molecule has 3 N–H and O–H groups in total. The summed E-state index contributed by atoms with van der Waals surface area (Å²) in [5.41, 5.74) is 8.07. The molecule has 0 aliphatic carbocycles. The number of carbonyl (C=O) groups is 1. The summed E-state index contributed by atoms with van der Waals surface area (Å²) in [4.78, 5) is 14.1. The number of phenolic OH excluding ortho intramolecular Hbond substituents is 1. The summed E-state index contributed by atoms with van der Waals surface area (Å²) in [7, 11) is 0. The van der Waals surface area contributed by atoms with Crippen LogP contribution in [0.1, 0.15) is 22.3 Å². The first-order valence-corrected chi connectivity index (χ1v) is 6.75. The summed E-state index contributed by atoms with van der Waals surface area (Å²) in [6.07, 6.45) is 1.69. The van der Waals surface area contributed by atoms with Crippen molar-refractivity contribution in [3.63, 3.8) is 0 Å². The summed E-state index contributed by atoms with van der Waals surface area (Å²) >= 11 is 0. The van der Waals surface area contributed by atoms with Gasteiger partial charge in [0.25, 0.3) is 5.91 Å². The van der Waals surface area contributed by atoms with E-state index in [-0.39, 0.29) is 11.3 Å². The zero-order valence-electron chi connectivity index (χ0n) is 11.3. The lowest BCUT2D eigenvalue weighted by Crippen LogP contribution is -2.36. The molecule has 0 atom stereocenters. The third kappa shape index (κ3) is 2.42. The van der Waals surface area contributed by atoms with E-state index in [0.29, 0.717) is 12.2 Å². The fraction of sp³-hybridized carbons (Fsp3) is 0.188. The molecule has 4 nitrogen and oxygen atoms in total. The van der Waals surface area contributed by atoms with Crippen LogP contribution in [0.25, 0.3) is 0 Å². The number of anilines is 2. The zero-order valence-corrected chi connectivity index (χ0v) is 11.3. The number of rotatable bonds is 1. The van der Waals surface area contributed by atoms with Crippen molar-refractivity contribution in [3.8, 4) is 5.75 Å². The summed E-state index contributed by atoms with van der Waals surface area (Å²) in [6.45, 7) is 0.523. The minimum Gasteiger partial charge on any atom is -0.508 e. The van der Waals surface area contributed by atoms with Crippen LogP contribution in [0.4, 0.5) is 15.8 Å². The molecule has 108 valence electrons. The molecule has 3 rings (SSSR count). The van der Waals surface area contributed by atoms with Crippen molar-refractivity contribution in [2.24, 2.45) is 0 Å². The minimum atomic E-state index is -0.726. The van der Waals surface area contributed by atoms with Gasteiger partial charge in [-0.15, -0.1) is 0 Å². The van der Waals surface area contributed by atoms with Gasteiger partial charge in [0, 0.05) is 24.0 Å². The van der Waals surface area contributed by atoms with E-state index in [9.17, 15) is 14.3 Å². The lowest BCUT2D eigenvalue weighted by atomic mass is 10.00. The Balaban J connectivity index is 2.02. The topological polar surface area (TPSA) is 66.6 Å². The summed E-state index contributed by atoms with van der Waals surface area (Å²) in [5, 5.41) is 9.24. The molecule has 1 aliphatic heterocycles. The van der Waals surface area contributed by atoms with Crippen molar-refractivity contribution in [1.82, 2.24) is 0 Å². The van der Waals surface area contributed by atoms with Crippen LogP contribution in [0.5, 0.6) is 5.75 Å². The first-order valence-electron chi connectivity index (χ1n) is 6.75. The summed E-state index contributed by atoms with van der Waals surface area (Å²) in [6, 6.07) is 8.99. The average molecular weight is 286 g/mol. The van der Waals surface area contributed by atoms with E-state index >= 15 is 0 Å². The van der Waals surface area contributed by atoms with Crippen LogP contribution in [0, 0.1) is 5.82 Å². The first-order chi connectivity index (χ1) is 10.1. The highest BCUT2D eigenvalue weighted by Gasteiger charge is 2.25. The number of fused-ring (bicyclic) bond motifs is 1. The van der Waals surface area contributed by atoms with Crippen molar-refractivity contribution in [2.45, 2.75) is 12.8 Å². The molecular formula is C16H15FN2O2. The van der Waals surface area contributed by atoms with Crippen LogP contribution in [-0.4, -0.2) is 17.6 Å². The van der Waals surface area contributed by atoms with E-state index in [1.807, 2.05) is 6.07 Å². The van der Waals surface area contributed by atoms with Crippen LogP contribution in [0.3, 0.4) is 0 Å². The number of phenols is 1. The number of halogens is 1. The lowest BCUT2D eigenvalue weighted by molar-refractivity contribution is 0.0981. The molecule has 21 heavy (non-hydrogen) atoms. The van der Waals surface area contributed by atoms with Gasteiger partial charge in [-0.05, 0) is 42.7 Å². The van der Waals surface area contributed by atoms with Crippen LogP contribution in [-0.2, 0) is 6.42 Å². The molecule has 2 aromatic rings. The van der Waals surface area contributed by atoms with Gasteiger partial charge in [-0.2, -0.15) is 0 Å². The summed E-state index contributed by atoms with van der Waals surface area (Å²) in [5.74, 6) is -1.34. The van der Waals surface area contributed by atoms with Crippen molar-refractivity contribution in [3.05, 3.63) is 53.3 Å². The number of benzene rings is 2. The number of carbonyl (C=O) groups excluding carboxylic acids is 1. The Morgan fingerprint density at radius 3 is 2.81 bits per heavy atom. The monoisotopic (exact) mass is 286 g/mol. The number of aromatic hydroxyl groups is 1. The second kappa shape index (κ2) is 5.09. The van der Waals surface area contributed by atoms with E-state index in [2.05, 4.69) is 0 Å². The molecule has 0 saturated heterocycles. The number of nitrogens with zero attached hydrogens (tertiary/aromatic N) is 1. The maximum Gasteiger partial charge on any atom is 0.261 e. The molecule has 1 amide bonds. The molecule has 5 heteroatoms. The Labute approximate surface area is 121 Å². The maximum atomic E-state index is 13.9. The molecule has 2 aromatic carbocycles. The fourth-order valence-electron chi connectivity index (χ4n) is 2.63. The van der Waals surface area contributed by atoms with Crippen LogP contribution >= 0.6 is 0 Å². The normalized spacial score (nSPS) is 13.9. The number of aryl methyl sites for hydroxylation is 1. The standard InChI is InChI=1S/C16H15FN2O2/c17-14-9-12(20)5-6-13(14)16(21)19-7-1-2-10-3-4-11(18)8-15(10)19/h3-6,8-9,20H,1-2,7,18H2. The third-order valence-electron chi connectivity index (χ3n) is 3.66. The number of hydrogen-bond acceptors (Lipinski definition) is 3. The number of hydrogen-bond donors (Lipinski definition) is 2. The predicted molar refractivity (Wildman–Crippen MR) is 78.9 cm³/mol. The van der Waals surface area contributed by atoms with E-state index in [4.69, 9.17) is 5.73 Å². The number of nitrogen functional groups attached to an aromatic ring is 1. The van der Waals surface area contributed by atoms with E-state index in [1.165, 1.54) is 12.1 Å². The molecule has 1 aliphatic rings. The molecule has 0 saturated carbocycles. The van der Waals surface area contributed by atoms with Crippen molar-refractivity contribution in [2.75, 3.05) is 17.2 Å². The Hall–Kier alpha value is -2.56. The Kier molecular flexibility index (Phi) is 3.25. The van der Waals surface area contributed by atoms with Gasteiger partial charge in [0.15, 0.2) is 0 Å². The lowest BCUT2D eigenvalue weighted by Gasteiger charge is -2.30. The largest absolute Gasteiger partial charge is 0.508 e. The van der Waals surface area contributed by atoms with Gasteiger partial charge >= 0.3 is 0 Å². The molecular weight excluding hydrogens is 271 g/mol. The molecule has 0 aromatic heterocycles. The van der Waals surface area contributed by atoms with Crippen molar-refractivity contribution >= 4 is 17.3 Å². The minimum absolute atomic E-state index is 0.0527. The van der Waals surface area contributed by atoms with Crippen LogP contribution in [0.2, 0.25) is 0 Å². The second-order valence-corrected chi connectivity index (χ2v) is 5.11. The zero-order chi connectivity index (χ0) is 15.0.